The number of thioether (sulfide) groups is 1. The highest BCUT2D eigenvalue weighted by molar-refractivity contribution is 7.99. The summed E-state index contributed by atoms with van der Waals surface area (Å²) < 4.78 is 13.1. The Bertz CT molecular complexity index is 1030. The minimum atomic E-state index is -1.66. The summed E-state index contributed by atoms with van der Waals surface area (Å²) in [5.74, 6) is -0.740. The van der Waals surface area contributed by atoms with Crippen LogP contribution in [0.5, 0.6) is 0 Å². The molecular formula is C22H19FN2O2S2. The highest BCUT2D eigenvalue weighted by Crippen LogP contribution is 2.29. The molecule has 0 aliphatic rings. The third-order valence-electron chi connectivity index (χ3n) is 4.34. The van der Waals surface area contributed by atoms with Gasteiger partial charge < -0.3 is 10.4 Å². The molecule has 29 heavy (non-hydrogen) atoms. The minimum absolute atomic E-state index is 0.113. The number of nitrogens with zero attached hydrogens (tertiary/aromatic N) is 1. The standard InChI is InChI=1S/C22H19FN2O2S2/c1-15-12-17(7-10-20(15)24-2)25-21(26)22(27,13-19-4-3-11-28-19)14-29-18-8-5-16(23)6-9-18/h3-12,27H,13-14H2,1H3,(H,25,26)/t22-/m0/s1. The molecule has 148 valence electrons. The van der Waals surface area contributed by atoms with Crippen LogP contribution in [0, 0.1) is 19.3 Å². The molecule has 0 bridgehead atoms. The lowest BCUT2D eigenvalue weighted by Gasteiger charge is -2.26. The molecule has 1 atom stereocenters. The Kier molecular flexibility index (Phi) is 6.70. The van der Waals surface area contributed by atoms with E-state index in [0.29, 0.717) is 11.4 Å². The van der Waals surface area contributed by atoms with E-state index in [-0.39, 0.29) is 18.0 Å². The van der Waals surface area contributed by atoms with Crippen molar-refractivity contribution in [1.29, 1.82) is 0 Å². The normalized spacial score (nSPS) is 12.8. The van der Waals surface area contributed by atoms with Gasteiger partial charge in [-0.3, -0.25) is 4.79 Å². The summed E-state index contributed by atoms with van der Waals surface area (Å²) in [4.78, 5) is 18.1. The van der Waals surface area contributed by atoms with E-state index >= 15 is 0 Å². The van der Waals surface area contributed by atoms with Gasteiger partial charge in [0, 0.05) is 27.6 Å². The van der Waals surface area contributed by atoms with Gasteiger partial charge in [0.1, 0.15) is 5.82 Å². The number of halogens is 1. The molecule has 0 saturated heterocycles. The van der Waals surface area contributed by atoms with E-state index in [1.807, 2.05) is 17.5 Å². The Morgan fingerprint density at radius 3 is 2.66 bits per heavy atom. The Labute approximate surface area is 177 Å². The van der Waals surface area contributed by atoms with Crippen LogP contribution in [0.3, 0.4) is 0 Å². The number of anilines is 1. The fraction of sp³-hybridized carbons (Fsp3) is 0.182. The lowest BCUT2D eigenvalue weighted by atomic mass is 9.99. The fourth-order valence-corrected chi connectivity index (χ4v) is 4.52. The highest BCUT2D eigenvalue weighted by Gasteiger charge is 2.37. The Morgan fingerprint density at radius 2 is 2.03 bits per heavy atom. The summed E-state index contributed by atoms with van der Waals surface area (Å²) in [6, 6.07) is 14.7. The Balaban J connectivity index is 1.79. The van der Waals surface area contributed by atoms with Crippen molar-refractivity contribution in [3.05, 3.63) is 87.7 Å². The number of amides is 1. The zero-order valence-corrected chi connectivity index (χ0v) is 17.3. The van der Waals surface area contributed by atoms with Crippen molar-refractivity contribution in [2.45, 2.75) is 23.8 Å². The van der Waals surface area contributed by atoms with Crippen molar-refractivity contribution in [2.75, 3.05) is 11.1 Å². The highest BCUT2D eigenvalue weighted by atomic mass is 32.2. The quantitative estimate of drug-likeness (QED) is 0.390. The second-order valence-corrected chi connectivity index (χ2v) is 8.68. The summed E-state index contributed by atoms with van der Waals surface area (Å²) in [6.07, 6.45) is 0.170. The lowest BCUT2D eigenvalue weighted by Crippen LogP contribution is -2.47. The van der Waals surface area contributed by atoms with Crippen LogP contribution in [0.4, 0.5) is 15.8 Å². The SMILES string of the molecule is [C-]#[N+]c1ccc(NC(=O)[C@@](O)(CSc2ccc(F)cc2)Cc2cccs2)cc1C. The number of hydrogen-bond donors (Lipinski definition) is 2. The molecule has 0 fully saturated rings. The van der Waals surface area contributed by atoms with Crippen molar-refractivity contribution in [3.8, 4) is 0 Å². The molecule has 4 nitrogen and oxygen atoms in total. The summed E-state index contributed by atoms with van der Waals surface area (Å²) >= 11 is 2.77. The lowest BCUT2D eigenvalue weighted by molar-refractivity contribution is -0.131. The number of aliphatic hydroxyl groups is 1. The monoisotopic (exact) mass is 426 g/mol. The van der Waals surface area contributed by atoms with E-state index in [2.05, 4.69) is 10.2 Å². The summed E-state index contributed by atoms with van der Waals surface area (Å²) in [5.41, 5.74) is 0.135. The molecule has 0 aliphatic heterocycles. The van der Waals surface area contributed by atoms with E-state index in [4.69, 9.17) is 6.57 Å². The van der Waals surface area contributed by atoms with Crippen molar-refractivity contribution in [3.63, 3.8) is 0 Å². The van der Waals surface area contributed by atoms with Gasteiger partial charge >= 0.3 is 0 Å². The molecule has 0 unspecified atom stereocenters. The van der Waals surface area contributed by atoms with Gasteiger partial charge in [0.15, 0.2) is 11.3 Å². The van der Waals surface area contributed by atoms with Gasteiger partial charge in [0.25, 0.3) is 5.91 Å². The number of carbonyl (C=O) groups is 1. The molecule has 1 heterocycles. The maximum absolute atomic E-state index is 13.1. The molecule has 3 aromatic rings. The van der Waals surface area contributed by atoms with Crippen molar-refractivity contribution < 1.29 is 14.3 Å². The third kappa shape index (κ3) is 5.45. The Hall–Kier alpha value is -2.66. The molecule has 1 aromatic heterocycles. The van der Waals surface area contributed by atoms with E-state index in [1.165, 1.54) is 35.2 Å². The molecule has 1 amide bonds. The smallest absolute Gasteiger partial charge is 0.257 e. The van der Waals surface area contributed by atoms with Crippen LogP contribution in [0.25, 0.3) is 4.85 Å². The summed E-state index contributed by atoms with van der Waals surface area (Å²) in [6.45, 7) is 8.92. The van der Waals surface area contributed by atoms with Crippen LogP contribution in [-0.4, -0.2) is 22.4 Å². The van der Waals surface area contributed by atoms with Crippen LogP contribution in [-0.2, 0) is 11.2 Å². The maximum atomic E-state index is 13.1. The molecule has 0 spiro atoms. The second kappa shape index (κ2) is 9.23. The number of hydrogen-bond acceptors (Lipinski definition) is 4. The Morgan fingerprint density at radius 1 is 1.28 bits per heavy atom. The van der Waals surface area contributed by atoms with Gasteiger partial charge in [0.2, 0.25) is 0 Å². The predicted molar refractivity (Wildman–Crippen MR) is 116 cm³/mol. The first-order valence-electron chi connectivity index (χ1n) is 8.82. The first-order valence-corrected chi connectivity index (χ1v) is 10.7. The van der Waals surface area contributed by atoms with Crippen LogP contribution in [0.1, 0.15) is 10.4 Å². The second-order valence-electron chi connectivity index (χ2n) is 6.60. The number of benzene rings is 2. The van der Waals surface area contributed by atoms with E-state index in [1.54, 1.807) is 37.3 Å². The number of carbonyl (C=O) groups excluding carboxylic acids is 1. The minimum Gasteiger partial charge on any atom is -0.379 e. The van der Waals surface area contributed by atoms with Crippen LogP contribution in [0.2, 0.25) is 0 Å². The van der Waals surface area contributed by atoms with Crippen molar-refractivity contribution in [2.24, 2.45) is 0 Å². The van der Waals surface area contributed by atoms with Crippen LogP contribution >= 0.6 is 23.1 Å². The maximum Gasteiger partial charge on any atom is 0.257 e. The molecule has 2 aromatic carbocycles. The zero-order chi connectivity index (χ0) is 20.9. The molecule has 3 rings (SSSR count). The predicted octanol–water partition coefficient (Wildman–Crippen LogP) is 5.45. The molecular weight excluding hydrogens is 407 g/mol. The largest absolute Gasteiger partial charge is 0.379 e. The van der Waals surface area contributed by atoms with Gasteiger partial charge in [0.05, 0.1) is 6.57 Å². The molecule has 7 heteroatoms. The van der Waals surface area contributed by atoms with Gasteiger partial charge in [-0.05, 0) is 60.3 Å². The number of aryl methyl sites for hydroxylation is 1. The summed E-state index contributed by atoms with van der Waals surface area (Å²) in [7, 11) is 0. The molecule has 0 aliphatic carbocycles. The zero-order valence-electron chi connectivity index (χ0n) is 15.7. The van der Waals surface area contributed by atoms with Gasteiger partial charge in [-0.2, -0.15) is 0 Å². The fourth-order valence-electron chi connectivity index (χ4n) is 2.74. The summed E-state index contributed by atoms with van der Waals surface area (Å²) in [5, 5.41) is 15.9. The van der Waals surface area contributed by atoms with Gasteiger partial charge in [-0.15, -0.1) is 23.1 Å². The first-order chi connectivity index (χ1) is 13.9. The molecule has 0 saturated carbocycles. The average Bonchev–Trinajstić information content (AvgIpc) is 3.20. The van der Waals surface area contributed by atoms with Crippen LogP contribution < -0.4 is 5.32 Å². The molecule has 0 radical (unpaired) electrons. The number of thiophene rings is 1. The van der Waals surface area contributed by atoms with Crippen LogP contribution in [0.15, 0.2) is 64.9 Å². The van der Waals surface area contributed by atoms with Crippen molar-refractivity contribution in [1.82, 2.24) is 0 Å². The number of rotatable bonds is 7. The average molecular weight is 427 g/mol. The number of nitrogens with one attached hydrogen (secondary N) is 1. The van der Waals surface area contributed by atoms with Gasteiger partial charge in [-0.1, -0.05) is 12.1 Å². The van der Waals surface area contributed by atoms with E-state index < -0.39 is 11.5 Å². The van der Waals surface area contributed by atoms with E-state index in [0.717, 1.165) is 15.3 Å². The van der Waals surface area contributed by atoms with E-state index in [9.17, 15) is 14.3 Å². The molecule has 2 N–H and O–H groups in total. The third-order valence-corrected chi connectivity index (χ3v) is 6.44. The van der Waals surface area contributed by atoms with Gasteiger partial charge in [-0.25, -0.2) is 9.24 Å². The topological polar surface area (TPSA) is 53.7 Å². The van der Waals surface area contributed by atoms with Crippen molar-refractivity contribution >= 4 is 40.4 Å². The first kappa shape index (κ1) is 21.1.